The summed E-state index contributed by atoms with van der Waals surface area (Å²) in [6.07, 6.45) is 3.55. The number of aromatic nitrogens is 3. The van der Waals surface area contributed by atoms with Crippen molar-refractivity contribution in [2.45, 2.75) is 33.2 Å². The Morgan fingerprint density at radius 1 is 1.00 bits per heavy atom. The summed E-state index contributed by atoms with van der Waals surface area (Å²) < 4.78 is 12.8. The molecule has 0 radical (unpaired) electrons. The van der Waals surface area contributed by atoms with Crippen molar-refractivity contribution in [1.82, 2.24) is 19.4 Å². The number of benzene rings is 2. The van der Waals surface area contributed by atoms with E-state index in [2.05, 4.69) is 4.98 Å². The van der Waals surface area contributed by atoms with Crippen molar-refractivity contribution in [2.75, 3.05) is 26.4 Å². The van der Waals surface area contributed by atoms with Crippen LogP contribution >= 0.6 is 0 Å². The van der Waals surface area contributed by atoms with Gasteiger partial charge in [-0.25, -0.2) is 4.98 Å². The van der Waals surface area contributed by atoms with Crippen LogP contribution in [-0.2, 0) is 16.0 Å². The monoisotopic (exact) mass is 500 g/mol. The van der Waals surface area contributed by atoms with Crippen LogP contribution in [-0.4, -0.2) is 51.7 Å². The van der Waals surface area contributed by atoms with Gasteiger partial charge in [0.15, 0.2) is 0 Å². The summed E-state index contributed by atoms with van der Waals surface area (Å²) >= 11 is 0. The highest BCUT2D eigenvalue weighted by Gasteiger charge is 2.27. The maximum Gasteiger partial charge on any atom is 0.266 e. The number of hydrogen-bond acceptors (Lipinski definition) is 6. The lowest BCUT2D eigenvalue weighted by Gasteiger charge is -2.30. The van der Waals surface area contributed by atoms with Gasteiger partial charge >= 0.3 is 0 Å². The lowest BCUT2D eigenvalue weighted by molar-refractivity contribution is -0.133. The van der Waals surface area contributed by atoms with Crippen LogP contribution in [0.1, 0.15) is 38.2 Å². The Bertz CT molecular complexity index is 1390. The molecule has 0 bridgehead atoms. The summed E-state index contributed by atoms with van der Waals surface area (Å²) in [6.45, 7) is 7.58. The zero-order valence-electron chi connectivity index (χ0n) is 21.5. The van der Waals surface area contributed by atoms with E-state index in [-0.39, 0.29) is 17.9 Å². The maximum absolute atomic E-state index is 13.8. The summed E-state index contributed by atoms with van der Waals surface area (Å²) in [4.78, 5) is 38.0. The second-order valence-electron chi connectivity index (χ2n) is 8.55. The number of para-hydroxylation sites is 1. The number of nitrogens with zero attached hydrogens (tertiary/aromatic N) is 4. The number of fused-ring (bicyclic) bond motifs is 1. The van der Waals surface area contributed by atoms with Crippen molar-refractivity contribution in [1.29, 1.82) is 0 Å². The molecule has 4 rings (SSSR count). The molecule has 0 saturated heterocycles. The molecule has 8 heteroatoms. The van der Waals surface area contributed by atoms with Crippen molar-refractivity contribution in [3.8, 4) is 11.4 Å². The molecule has 2 aromatic carbocycles. The predicted octanol–water partition coefficient (Wildman–Crippen LogP) is 4.35. The maximum atomic E-state index is 13.8. The van der Waals surface area contributed by atoms with Crippen LogP contribution < -0.4 is 10.3 Å². The molecule has 4 aromatic rings. The molecule has 2 heterocycles. The molecule has 0 aliphatic rings. The van der Waals surface area contributed by atoms with Gasteiger partial charge in [-0.3, -0.25) is 19.1 Å². The Balaban J connectivity index is 1.80. The Morgan fingerprint density at radius 3 is 2.43 bits per heavy atom. The molecule has 0 fully saturated rings. The van der Waals surface area contributed by atoms with Gasteiger partial charge in [0.05, 0.1) is 42.3 Å². The molecular weight excluding hydrogens is 468 g/mol. The molecule has 1 amide bonds. The first-order valence-electron chi connectivity index (χ1n) is 12.5. The van der Waals surface area contributed by atoms with Crippen molar-refractivity contribution in [2.24, 2.45) is 0 Å². The fraction of sp³-hybridized carbons (Fsp3) is 0.310. The molecule has 1 atom stereocenters. The standard InChI is InChI=1S/C29H32N4O4/c1-4-36-19-18-32(27(34)20-22-14-16-30-17-15-22)21(3)28-31-26-9-7-6-8-25(26)29(35)33(28)23-10-12-24(13-11-23)37-5-2/h6-17,21H,4-5,18-20H2,1-3H3. The van der Waals surface area contributed by atoms with Crippen LogP contribution in [0.3, 0.4) is 0 Å². The molecular formula is C29H32N4O4. The SMILES string of the molecule is CCOCCN(C(=O)Cc1ccncc1)C(C)c1nc2ccccc2c(=O)n1-c1ccc(OCC)cc1. The molecule has 0 spiro atoms. The van der Waals surface area contributed by atoms with Gasteiger partial charge in [0.1, 0.15) is 11.6 Å². The van der Waals surface area contributed by atoms with Crippen LogP contribution in [0.2, 0.25) is 0 Å². The lowest BCUT2D eigenvalue weighted by Crippen LogP contribution is -2.40. The molecule has 0 N–H and O–H groups in total. The largest absolute Gasteiger partial charge is 0.494 e. The first-order valence-corrected chi connectivity index (χ1v) is 12.5. The molecule has 2 aromatic heterocycles. The molecule has 0 saturated carbocycles. The molecule has 8 nitrogen and oxygen atoms in total. The summed E-state index contributed by atoms with van der Waals surface area (Å²) in [6, 6.07) is 17.7. The Morgan fingerprint density at radius 2 is 1.73 bits per heavy atom. The topological polar surface area (TPSA) is 86.5 Å². The third kappa shape index (κ3) is 6.03. The molecule has 192 valence electrons. The predicted molar refractivity (Wildman–Crippen MR) is 143 cm³/mol. The summed E-state index contributed by atoms with van der Waals surface area (Å²) in [7, 11) is 0. The summed E-state index contributed by atoms with van der Waals surface area (Å²) in [5.74, 6) is 1.11. The van der Waals surface area contributed by atoms with Gasteiger partial charge in [0.25, 0.3) is 5.56 Å². The number of hydrogen-bond donors (Lipinski definition) is 0. The zero-order chi connectivity index (χ0) is 26.2. The minimum Gasteiger partial charge on any atom is -0.494 e. The van der Waals surface area contributed by atoms with Gasteiger partial charge in [-0.2, -0.15) is 0 Å². The molecule has 0 aliphatic heterocycles. The fourth-order valence-electron chi connectivity index (χ4n) is 4.30. The van der Waals surface area contributed by atoms with Crippen molar-refractivity contribution in [3.05, 3.63) is 94.8 Å². The average Bonchev–Trinajstić information content (AvgIpc) is 2.92. The van der Waals surface area contributed by atoms with Gasteiger partial charge < -0.3 is 14.4 Å². The zero-order valence-corrected chi connectivity index (χ0v) is 21.5. The minimum absolute atomic E-state index is 0.0842. The lowest BCUT2D eigenvalue weighted by atomic mass is 10.1. The quantitative estimate of drug-likeness (QED) is 0.285. The fourth-order valence-corrected chi connectivity index (χ4v) is 4.30. The van der Waals surface area contributed by atoms with E-state index in [1.165, 1.54) is 0 Å². The van der Waals surface area contributed by atoms with Gasteiger partial charge in [-0.1, -0.05) is 12.1 Å². The van der Waals surface area contributed by atoms with E-state index >= 15 is 0 Å². The van der Waals surface area contributed by atoms with Crippen LogP contribution in [0.25, 0.3) is 16.6 Å². The van der Waals surface area contributed by atoms with E-state index in [1.807, 2.05) is 75.4 Å². The molecule has 0 aliphatic carbocycles. The van der Waals surface area contributed by atoms with Crippen LogP contribution in [0.15, 0.2) is 77.9 Å². The number of amides is 1. The van der Waals surface area contributed by atoms with Crippen LogP contribution in [0, 0.1) is 0 Å². The van der Waals surface area contributed by atoms with Crippen LogP contribution in [0.4, 0.5) is 0 Å². The van der Waals surface area contributed by atoms with Gasteiger partial charge in [-0.05, 0) is 74.9 Å². The Labute approximate surface area is 216 Å². The second kappa shape index (κ2) is 12.3. The van der Waals surface area contributed by atoms with E-state index in [4.69, 9.17) is 14.5 Å². The smallest absolute Gasteiger partial charge is 0.266 e. The van der Waals surface area contributed by atoms with Crippen molar-refractivity contribution < 1.29 is 14.3 Å². The highest BCUT2D eigenvalue weighted by Crippen LogP contribution is 2.25. The highest BCUT2D eigenvalue weighted by molar-refractivity contribution is 5.80. The van der Waals surface area contributed by atoms with Crippen molar-refractivity contribution >= 4 is 16.8 Å². The Hall–Kier alpha value is -4.04. The van der Waals surface area contributed by atoms with E-state index in [0.717, 1.165) is 5.56 Å². The number of carbonyl (C=O) groups is 1. The summed E-state index contributed by atoms with van der Waals surface area (Å²) in [5.41, 5.74) is 1.91. The van der Waals surface area contributed by atoms with Gasteiger partial charge in [0, 0.05) is 25.5 Å². The minimum atomic E-state index is -0.501. The number of ether oxygens (including phenoxy) is 2. The number of carbonyl (C=O) groups excluding carboxylic acids is 1. The third-order valence-electron chi connectivity index (χ3n) is 6.15. The van der Waals surface area contributed by atoms with Gasteiger partial charge in [0.2, 0.25) is 5.91 Å². The Kier molecular flexibility index (Phi) is 8.64. The second-order valence-corrected chi connectivity index (χ2v) is 8.55. The van der Waals surface area contributed by atoms with E-state index in [1.54, 1.807) is 27.9 Å². The molecule has 1 unspecified atom stereocenters. The van der Waals surface area contributed by atoms with Crippen LogP contribution in [0.5, 0.6) is 5.75 Å². The molecule has 37 heavy (non-hydrogen) atoms. The van der Waals surface area contributed by atoms with E-state index in [0.29, 0.717) is 54.5 Å². The normalized spacial score (nSPS) is 11.9. The number of rotatable bonds is 11. The first kappa shape index (κ1) is 26.0. The summed E-state index contributed by atoms with van der Waals surface area (Å²) in [5, 5.41) is 0.510. The first-order chi connectivity index (χ1) is 18.0. The highest BCUT2D eigenvalue weighted by atomic mass is 16.5. The van der Waals surface area contributed by atoms with E-state index in [9.17, 15) is 9.59 Å². The number of pyridine rings is 1. The van der Waals surface area contributed by atoms with E-state index < -0.39 is 6.04 Å². The van der Waals surface area contributed by atoms with Crippen molar-refractivity contribution in [3.63, 3.8) is 0 Å². The third-order valence-corrected chi connectivity index (χ3v) is 6.15. The average molecular weight is 501 g/mol. The van der Waals surface area contributed by atoms with Gasteiger partial charge in [-0.15, -0.1) is 0 Å².